The quantitative estimate of drug-likeness (QED) is 0.913. The molecular weight excluding hydrogens is 322 g/mol. The van der Waals surface area contributed by atoms with Crippen molar-refractivity contribution in [1.82, 2.24) is 4.90 Å². The summed E-state index contributed by atoms with van der Waals surface area (Å²) in [6.45, 7) is 8.18. The molecule has 3 atom stereocenters. The van der Waals surface area contributed by atoms with E-state index in [1.165, 1.54) is 4.88 Å². The van der Waals surface area contributed by atoms with Crippen molar-refractivity contribution in [2.24, 2.45) is 5.92 Å². The first-order valence-corrected chi connectivity index (χ1v) is 9.50. The van der Waals surface area contributed by atoms with Crippen molar-refractivity contribution in [3.05, 3.63) is 16.0 Å². The van der Waals surface area contributed by atoms with Crippen molar-refractivity contribution in [3.8, 4) is 6.07 Å². The second-order valence-electron chi connectivity index (χ2n) is 7.17. The van der Waals surface area contributed by atoms with Crippen LogP contribution < -0.4 is 5.32 Å². The van der Waals surface area contributed by atoms with Gasteiger partial charge >= 0.3 is 0 Å². The van der Waals surface area contributed by atoms with E-state index in [-0.39, 0.29) is 18.1 Å². The first kappa shape index (κ1) is 17.4. The Bertz CT molecular complexity index is 654. The van der Waals surface area contributed by atoms with Crippen LogP contribution in [-0.2, 0) is 22.4 Å². The first-order valence-electron chi connectivity index (χ1n) is 8.68. The summed E-state index contributed by atoms with van der Waals surface area (Å²) in [6, 6.07) is 2.30. The van der Waals surface area contributed by atoms with Gasteiger partial charge in [0.05, 0.1) is 24.3 Å². The zero-order chi connectivity index (χ0) is 17.3. The number of hydrogen-bond acceptors (Lipinski definition) is 5. The molecule has 0 bridgehead atoms. The molecule has 0 unspecified atom stereocenters. The molecule has 1 amide bonds. The molecule has 130 valence electrons. The van der Waals surface area contributed by atoms with E-state index in [2.05, 4.69) is 23.2 Å². The Kier molecular flexibility index (Phi) is 5.24. The summed E-state index contributed by atoms with van der Waals surface area (Å²) in [5.41, 5.74) is 1.84. The fourth-order valence-corrected chi connectivity index (χ4v) is 5.12. The summed E-state index contributed by atoms with van der Waals surface area (Å²) in [7, 11) is 0. The zero-order valence-corrected chi connectivity index (χ0v) is 15.4. The Hall–Kier alpha value is -1.42. The van der Waals surface area contributed by atoms with E-state index in [9.17, 15) is 10.1 Å². The molecule has 6 heteroatoms. The van der Waals surface area contributed by atoms with Gasteiger partial charge in [0, 0.05) is 18.0 Å². The summed E-state index contributed by atoms with van der Waals surface area (Å²) < 4.78 is 5.70. The maximum atomic E-state index is 12.4. The van der Waals surface area contributed by atoms with Gasteiger partial charge in [0.25, 0.3) is 0 Å². The first-order chi connectivity index (χ1) is 11.5. The van der Waals surface area contributed by atoms with E-state index in [0.717, 1.165) is 42.9 Å². The molecular formula is C18H25N3O2S. The number of carbonyl (C=O) groups is 1. The normalized spacial score (nSPS) is 27.3. The van der Waals surface area contributed by atoms with Gasteiger partial charge in [-0.2, -0.15) is 5.26 Å². The van der Waals surface area contributed by atoms with Crippen LogP contribution in [-0.4, -0.2) is 42.6 Å². The Morgan fingerprint density at radius 2 is 2.08 bits per heavy atom. The molecule has 2 heterocycles. The zero-order valence-electron chi connectivity index (χ0n) is 14.6. The van der Waals surface area contributed by atoms with Gasteiger partial charge in [-0.05, 0) is 44.6 Å². The van der Waals surface area contributed by atoms with Crippen LogP contribution in [0.15, 0.2) is 0 Å². The predicted molar refractivity (Wildman–Crippen MR) is 95.3 cm³/mol. The third-order valence-electron chi connectivity index (χ3n) is 4.74. The number of hydrogen-bond donors (Lipinski definition) is 1. The highest BCUT2D eigenvalue weighted by molar-refractivity contribution is 7.16. The van der Waals surface area contributed by atoms with E-state index in [1.807, 2.05) is 13.8 Å². The lowest BCUT2D eigenvalue weighted by Gasteiger charge is -2.34. The molecule has 24 heavy (non-hydrogen) atoms. The molecule has 1 saturated heterocycles. The van der Waals surface area contributed by atoms with Gasteiger partial charge in [-0.25, -0.2) is 0 Å². The molecule has 0 spiro atoms. The molecule has 5 nitrogen and oxygen atoms in total. The van der Waals surface area contributed by atoms with Crippen molar-refractivity contribution < 1.29 is 9.53 Å². The second kappa shape index (κ2) is 7.22. The molecule has 1 N–H and O–H groups in total. The number of carbonyl (C=O) groups excluding carboxylic acids is 1. The number of fused-ring (bicyclic) bond motifs is 1. The molecule has 0 saturated carbocycles. The van der Waals surface area contributed by atoms with Gasteiger partial charge < -0.3 is 10.1 Å². The van der Waals surface area contributed by atoms with E-state index in [1.54, 1.807) is 11.3 Å². The highest BCUT2D eigenvalue weighted by Gasteiger charge is 2.26. The summed E-state index contributed by atoms with van der Waals surface area (Å²) in [4.78, 5) is 15.8. The monoisotopic (exact) mass is 347 g/mol. The summed E-state index contributed by atoms with van der Waals surface area (Å²) >= 11 is 1.58. The summed E-state index contributed by atoms with van der Waals surface area (Å²) in [5.74, 6) is 0.613. The van der Waals surface area contributed by atoms with Crippen LogP contribution >= 0.6 is 11.3 Å². The van der Waals surface area contributed by atoms with Gasteiger partial charge in [0.2, 0.25) is 5.91 Å². The van der Waals surface area contributed by atoms with Crippen molar-refractivity contribution >= 4 is 22.2 Å². The lowest BCUT2D eigenvalue weighted by molar-refractivity contribution is -0.121. The Labute approximate surface area is 147 Å². The van der Waals surface area contributed by atoms with Crippen molar-refractivity contribution in [2.45, 2.75) is 52.2 Å². The molecule has 1 fully saturated rings. The Balaban J connectivity index is 1.67. The van der Waals surface area contributed by atoms with Crippen molar-refractivity contribution in [3.63, 3.8) is 0 Å². The smallest absolute Gasteiger partial charge is 0.239 e. The molecule has 1 aliphatic heterocycles. The van der Waals surface area contributed by atoms with Gasteiger partial charge in [-0.3, -0.25) is 9.69 Å². The minimum absolute atomic E-state index is 0.0422. The fraction of sp³-hybridized carbons (Fsp3) is 0.667. The SMILES string of the molecule is C[C@H]1CCc2c(sc(NC(=O)CN3C[C@@H](C)O[C@@H](C)C3)c2C#N)C1. The molecule has 1 aromatic heterocycles. The highest BCUT2D eigenvalue weighted by atomic mass is 32.1. The minimum atomic E-state index is -0.0422. The van der Waals surface area contributed by atoms with E-state index >= 15 is 0 Å². The highest BCUT2D eigenvalue weighted by Crippen LogP contribution is 2.39. The average Bonchev–Trinajstić information content (AvgIpc) is 2.81. The van der Waals surface area contributed by atoms with E-state index < -0.39 is 0 Å². The molecule has 0 aromatic carbocycles. The predicted octanol–water partition coefficient (Wildman–Crippen LogP) is 2.79. The molecule has 2 aliphatic rings. The fourth-order valence-electron chi connectivity index (χ4n) is 3.74. The third kappa shape index (κ3) is 3.80. The second-order valence-corrected chi connectivity index (χ2v) is 8.27. The number of nitrogens with zero attached hydrogens (tertiary/aromatic N) is 2. The maximum Gasteiger partial charge on any atom is 0.239 e. The van der Waals surface area contributed by atoms with E-state index in [4.69, 9.17) is 4.74 Å². The molecule has 1 aliphatic carbocycles. The number of thiophene rings is 1. The van der Waals surface area contributed by atoms with Crippen LogP contribution in [0.1, 0.15) is 43.2 Å². The maximum absolute atomic E-state index is 12.4. The molecule has 1 aromatic rings. The van der Waals surface area contributed by atoms with Crippen LogP contribution in [0.5, 0.6) is 0 Å². The van der Waals surface area contributed by atoms with Crippen LogP contribution in [0.2, 0.25) is 0 Å². The summed E-state index contributed by atoms with van der Waals surface area (Å²) in [5, 5.41) is 13.2. The number of morpholine rings is 1. The van der Waals surface area contributed by atoms with E-state index in [0.29, 0.717) is 18.0 Å². The van der Waals surface area contributed by atoms with Crippen LogP contribution in [0.4, 0.5) is 5.00 Å². The topological polar surface area (TPSA) is 65.4 Å². The van der Waals surface area contributed by atoms with Crippen LogP contribution in [0.25, 0.3) is 0 Å². The number of anilines is 1. The standard InChI is InChI=1S/C18H25N3O2S/c1-11-4-5-14-15(7-19)18(24-16(14)6-11)20-17(22)10-21-8-12(2)23-13(3)9-21/h11-13H,4-6,8-10H2,1-3H3,(H,20,22)/t11-,12-,13+/m0/s1. The third-order valence-corrected chi connectivity index (χ3v) is 5.91. The molecule has 3 rings (SSSR count). The van der Waals surface area contributed by atoms with Crippen molar-refractivity contribution in [2.75, 3.05) is 25.0 Å². The van der Waals surface area contributed by atoms with Gasteiger partial charge in [0.15, 0.2) is 0 Å². The number of nitrogens with one attached hydrogen (secondary N) is 1. The minimum Gasteiger partial charge on any atom is -0.373 e. The summed E-state index contributed by atoms with van der Waals surface area (Å²) in [6.07, 6.45) is 3.38. The number of ether oxygens (including phenoxy) is 1. The lowest BCUT2D eigenvalue weighted by atomic mass is 9.89. The number of amides is 1. The number of rotatable bonds is 3. The van der Waals surface area contributed by atoms with Gasteiger partial charge in [-0.15, -0.1) is 11.3 Å². The molecule has 0 radical (unpaired) electrons. The average molecular weight is 347 g/mol. The van der Waals surface area contributed by atoms with Gasteiger partial charge in [-0.1, -0.05) is 6.92 Å². The lowest BCUT2D eigenvalue weighted by Crippen LogP contribution is -2.48. The van der Waals surface area contributed by atoms with Crippen LogP contribution in [0.3, 0.4) is 0 Å². The Morgan fingerprint density at radius 3 is 2.75 bits per heavy atom. The van der Waals surface area contributed by atoms with Gasteiger partial charge in [0.1, 0.15) is 11.1 Å². The number of nitriles is 1. The largest absolute Gasteiger partial charge is 0.373 e. The Morgan fingerprint density at radius 1 is 1.38 bits per heavy atom. The van der Waals surface area contributed by atoms with Crippen molar-refractivity contribution in [1.29, 1.82) is 5.26 Å². The van der Waals surface area contributed by atoms with Crippen LogP contribution in [0, 0.1) is 17.2 Å².